The standard InChI is InChI=1S/C5H5ClIN3/c6-4-1-3(2-7)9-5(8)10-4/h1H,2H2,(H2,8,9,10). The lowest BCUT2D eigenvalue weighted by Gasteiger charge is -1.96. The normalized spacial score (nSPS) is 9.80. The summed E-state index contributed by atoms with van der Waals surface area (Å²) in [7, 11) is 0. The van der Waals surface area contributed by atoms with Gasteiger partial charge in [-0.15, -0.1) is 0 Å². The highest BCUT2D eigenvalue weighted by atomic mass is 127. The molecule has 1 heterocycles. The number of anilines is 1. The van der Waals surface area contributed by atoms with Crippen molar-refractivity contribution in [3.05, 3.63) is 16.9 Å². The monoisotopic (exact) mass is 269 g/mol. The minimum absolute atomic E-state index is 0.235. The summed E-state index contributed by atoms with van der Waals surface area (Å²) in [6.45, 7) is 0. The van der Waals surface area contributed by atoms with Crippen molar-refractivity contribution in [2.45, 2.75) is 4.43 Å². The van der Waals surface area contributed by atoms with Crippen LogP contribution < -0.4 is 5.73 Å². The van der Waals surface area contributed by atoms with Crippen LogP contribution in [0, 0.1) is 0 Å². The highest BCUT2D eigenvalue weighted by Gasteiger charge is 1.96. The lowest BCUT2D eigenvalue weighted by atomic mass is 10.5. The average molecular weight is 269 g/mol. The van der Waals surface area contributed by atoms with Crippen LogP contribution in [0.2, 0.25) is 5.15 Å². The van der Waals surface area contributed by atoms with E-state index in [4.69, 9.17) is 17.3 Å². The van der Waals surface area contributed by atoms with E-state index in [9.17, 15) is 0 Å². The van der Waals surface area contributed by atoms with Crippen molar-refractivity contribution in [2.75, 3.05) is 5.73 Å². The first-order chi connectivity index (χ1) is 4.72. The Balaban J connectivity index is 3.06. The van der Waals surface area contributed by atoms with Crippen LogP contribution in [0.3, 0.4) is 0 Å². The van der Waals surface area contributed by atoms with Crippen LogP contribution in [0.4, 0.5) is 5.95 Å². The van der Waals surface area contributed by atoms with Gasteiger partial charge in [0.2, 0.25) is 5.95 Å². The zero-order valence-corrected chi connectivity index (χ0v) is 7.93. The van der Waals surface area contributed by atoms with Gasteiger partial charge in [-0.1, -0.05) is 34.2 Å². The van der Waals surface area contributed by atoms with Gasteiger partial charge in [0.1, 0.15) is 5.15 Å². The lowest BCUT2D eigenvalue weighted by Crippen LogP contribution is -1.97. The summed E-state index contributed by atoms with van der Waals surface area (Å²) in [5.74, 6) is 0.235. The Hall–Kier alpha value is -0.100. The van der Waals surface area contributed by atoms with Crippen molar-refractivity contribution < 1.29 is 0 Å². The molecule has 1 rings (SSSR count). The molecule has 0 fully saturated rings. The summed E-state index contributed by atoms with van der Waals surface area (Å²) in [4.78, 5) is 7.64. The molecule has 0 spiro atoms. The SMILES string of the molecule is Nc1nc(Cl)cc(CI)n1. The summed E-state index contributed by atoms with van der Waals surface area (Å²) in [6, 6.07) is 1.70. The van der Waals surface area contributed by atoms with Gasteiger partial charge in [-0.2, -0.15) is 0 Å². The summed E-state index contributed by atoms with van der Waals surface area (Å²) in [6.07, 6.45) is 0. The van der Waals surface area contributed by atoms with Crippen molar-refractivity contribution in [1.82, 2.24) is 9.97 Å². The number of nitrogens with two attached hydrogens (primary N) is 1. The van der Waals surface area contributed by atoms with Crippen molar-refractivity contribution in [3.8, 4) is 0 Å². The van der Waals surface area contributed by atoms with Crippen molar-refractivity contribution in [2.24, 2.45) is 0 Å². The summed E-state index contributed by atoms with van der Waals surface area (Å²) in [5, 5.41) is 0.402. The molecule has 0 aliphatic rings. The smallest absolute Gasteiger partial charge is 0.221 e. The van der Waals surface area contributed by atoms with Crippen LogP contribution >= 0.6 is 34.2 Å². The number of rotatable bonds is 1. The van der Waals surface area contributed by atoms with Gasteiger partial charge in [0.25, 0.3) is 0 Å². The lowest BCUT2D eigenvalue weighted by molar-refractivity contribution is 1.11. The van der Waals surface area contributed by atoms with Gasteiger partial charge in [-0.05, 0) is 6.07 Å². The fourth-order valence-corrected chi connectivity index (χ4v) is 1.16. The maximum atomic E-state index is 5.59. The van der Waals surface area contributed by atoms with Gasteiger partial charge in [-0.3, -0.25) is 0 Å². The molecule has 0 bridgehead atoms. The molecule has 0 saturated carbocycles. The molecule has 1 aromatic heterocycles. The Kier molecular flexibility index (Phi) is 2.67. The van der Waals surface area contributed by atoms with Crippen LogP contribution in [0.15, 0.2) is 6.07 Å². The summed E-state index contributed by atoms with van der Waals surface area (Å²) < 4.78 is 0.796. The van der Waals surface area contributed by atoms with Crippen molar-refractivity contribution >= 4 is 40.1 Å². The largest absolute Gasteiger partial charge is 0.368 e. The molecule has 0 atom stereocenters. The summed E-state index contributed by atoms with van der Waals surface area (Å²) >= 11 is 7.78. The minimum atomic E-state index is 0.235. The predicted molar refractivity (Wildman–Crippen MR) is 49.2 cm³/mol. The Morgan fingerprint density at radius 1 is 1.60 bits per heavy atom. The van der Waals surface area contributed by atoms with E-state index in [2.05, 4.69) is 32.6 Å². The second kappa shape index (κ2) is 3.34. The molecule has 0 radical (unpaired) electrons. The maximum Gasteiger partial charge on any atom is 0.221 e. The minimum Gasteiger partial charge on any atom is -0.368 e. The van der Waals surface area contributed by atoms with Gasteiger partial charge in [0, 0.05) is 4.43 Å². The molecule has 1 aromatic rings. The molecule has 2 N–H and O–H groups in total. The van der Waals surface area contributed by atoms with Gasteiger partial charge >= 0.3 is 0 Å². The van der Waals surface area contributed by atoms with E-state index in [0.717, 1.165) is 10.1 Å². The molecule has 3 nitrogen and oxygen atoms in total. The Morgan fingerprint density at radius 3 is 2.80 bits per heavy atom. The van der Waals surface area contributed by atoms with E-state index in [1.165, 1.54) is 0 Å². The fourth-order valence-electron chi connectivity index (χ4n) is 0.552. The second-order valence-electron chi connectivity index (χ2n) is 1.67. The molecule has 0 unspecified atom stereocenters. The number of halogens is 2. The van der Waals surface area contributed by atoms with Crippen LogP contribution in [0.25, 0.3) is 0 Å². The van der Waals surface area contributed by atoms with Gasteiger partial charge in [0.05, 0.1) is 5.69 Å². The van der Waals surface area contributed by atoms with E-state index in [1.54, 1.807) is 6.07 Å². The number of nitrogens with zero attached hydrogens (tertiary/aromatic N) is 2. The summed E-state index contributed by atoms with van der Waals surface area (Å²) in [5.41, 5.74) is 6.18. The second-order valence-corrected chi connectivity index (χ2v) is 2.82. The topological polar surface area (TPSA) is 51.8 Å². The molecular weight excluding hydrogens is 264 g/mol. The highest BCUT2D eigenvalue weighted by molar-refractivity contribution is 14.1. The Labute approximate surface area is 77.1 Å². The van der Waals surface area contributed by atoms with Crippen LogP contribution in [0.1, 0.15) is 5.69 Å². The highest BCUT2D eigenvalue weighted by Crippen LogP contribution is 2.10. The zero-order chi connectivity index (χ0) is 7.56. The fraction of sp³-hybridized carbons (Fsp3) is 0.200. The first kappa shape index (κ1) is 8.00. The number of aromatic nitrogens is 2. The molecule has 0 amide bonds. The third kappa shape index (κ3) is 1.95. The number of hydrogen-bond acceptors (Lipinski definition) is 3. The molecule has 10 heavy (non-hydrogen) atoms. The molecule has 5 heteroatoms. The zero-order valence-electron chi connectivity index (χ0n) is 5.01. The Bertz CT molecular complexity index is 220. The van der Waals surface area contributed by atoms with E-state index >= 15 is 0 Å². The van der Waals surface area contributed by atoms with Crippen molar-refractivity contribution in [3.63, 3.8) is 0 Å². The number of hydrogen-bond donors (Lipinski definition) is 1. The van der Waals surface area contributed by atoms with E-state index in [-0.39, 0.29) is 5.95 Å². The van der Waals surface area contributed by atoms with E-state index < -0.39 is 0 Å². The van der Waals surface area contributed by atoms with E-state index in [0.29, 0.717) is 5.15 Å². The molecule has 0 aliphatic heterocycles. The maximum absolute atomic E-state index is 5.59. The van der Waals surface area contributed by atoms with Gasteiger partial charge in [0.15, 0.2) is 0 Å². The third-order valence-electron chi connectivity index (χ3n) is 0.902. The van der Waals surface area contributed by atoms with Crippen LogP contribution in [-0.4, -0.2) is 9.97 Å². The molecule has 0 aliphatic carbocycles. The van der Waals surface area contributed by atoms with Gasteiger partial charge in [-0.25, -0.2) is 9.97 Å². The quantitative estimate of drug-likeness (QED) is 0.479. The van der Waals surface area contributed by atoms with Crippen LogP contribution in [-0.2, 0) is 4.43 Å². The Morgan fingerprint density at radius 2 is 2.30 bits per heavy atom. The first-order valence-corrected chi connectivity index (χ1v) is 4.47. The predicted octanol–water partition coefficient (Wildman–Crippen LogP) is 1.65. The number of nitrogen functional groups attached to an aromatic ring is 1. The average Bonchev–Trinajstić information content (AvgIpc) is 1.85. The number of alkyl halides is 1. The van der Waals surface area contributed by atoms with Gasteiger partial charge < -0.3 is 5.73 Å². The molecular formula is C5H5ClIN3. The van der Waals surface area contributed by atoms with E-state index in [1.807, 2.05) is 0 Å². The third-order valence-corrected chi connectivity index (χ3v) is 1.88. The van der Waals surface area contributed by atoms with Crippen LogP contribution in [0.5, 0.6) is 0 Å². The molecule has 0 aromatic carbocycles. The molecule has 54 valence electrons. The molecule has 0 saturated heterocycles. The first-order valence-electron chi connectivity index (χ1n) is 2.57. The van der Waals surface area contributed by atoms with Crippen molar-refractivity contribution in [1.29, 1.82) is 0 Å².